The fourth-order valence-electron chi connectivity index (χ4n) is 4.17. The zero-order chi connectivity index (χ0) is 21.0. The number of carbonyl (C=O) groups is 1. The first-order valence-electron chi connectivity index (χ1n) is 10.1. The van der Waals surface area contributed by atoms with Crippen LogP contribution in [0, 0.1) is 0 Å². The lowest BCUT2D eigenvalue weighted by molar-refractivity contribution is -0.128. The van der Waals surface area contributed by atoms with Gasteiger partial charge < -0.3 is 26.5 Å². The number of anilines is 1. The molecule has 1 aromatic carbocycles. The summed E-state index contributed by atoms with van der Waals surface area (Å²) in [6.07, 6.45) is 6.97. The Labute approximate surface area is 171 Å². The molecule has 1 saturated carbocycles. The van der Waals surface area contributed by atoms with Gasteiger partial charge in [-0.3, -0.25) is 4.79 Å². The van der Waals surface area contributed by atoms with E-state index in [1.165, 1.54) is 6.08 Å². The zero-order valence-electron chi connectivity index (χ0n) is 16.9. The first-order chi connectivity index (χ1) is 13.9. The molecular formula is C23H30N4O2. The Morgan fingerprint density at radius 2 is 2.14 bits per heavy atom. The Balaban J connectivity index is 1.77. The molecule has 1 fully saturated rings. The molecule has 1 aliphatic carbocycles. The molecule has 2 aromatic rings. The molecule has 1 aromatic heterocycles. The van der Waals surface area contributed by atoms with Gasteiger partial charge in [-0.15, -0.1) is 0 Å². The average molecular weight is 395 g/mol. The number of nitrogens with two attached hydrogens (primary N) is 2. The fourth-order valence-corrected chi connectivity index (χ4v) is 4.17. The predicted molar refractivity (Wildman–Crippen MR) is 118 cm³/mol. The highest BCUT2D eigenvalue weighted by Gasteiger charge is 2.32. The molecule has 6 heteroatoms. The number of H-pyrrole nitrogens is 1. The molecule has 0 bridgehead atoms. The van der Waals surface area contributed by atoms with Crippen molar-refractivity contribution in [3.63, 3.8) is 0 Å². The van der Waals surface area contributed by atoms with Gasteiger partial charge in [0.15, 0.2) is 0 Å². The van der Waals surface area contributed by atoms with Crippen LogP contribution in [-0.4, -0.2) is 33.5 Å². The number of aromatic hydroxyl groups is 1. The Bertz CT molecular complexity index is 915. The van der Waals surface area contributed by atoms with Gasteiger partial charge in [-0.1, -0.05) is 25.6 Å². The number of benzene rings is 1. The number of para-hydroxylation sites is 1. The highest BCUT2D eigenvalue weighted by Crippen LogP contribution is 2.38. The normalized spacial score (nSPS) is 19.3. The van der Waals surface area contributed by atoms with Crippen LogP contribution in [0.15, 0.2) is 43.0 Å². The number of phenolic OH excluding ortho intramolecular Hbond substituents is 1. The van der Waals surface area contributed by atoms with Crippen molar-refractivity contribution in [2.24, 2.45) is 5.73 Å². The number of amides is 1. The molecule has 0 aliphatic heterocycles. The molecule has 1 heterocycles. The Morgan fingerprint density at radius 3 is 2.83 bits per heavy atom. The lowest BCUT2D eigenvalue weighted by Crippen LogP contribution is -2.38. The molecule has 1 aliphatic rings. The molecule has 6 nitrogen and oxygen atoms in total. The molecule has 0 radical (unpaired) electrons. The summed E-state index contributed by atoms with van der Waals surface area (Å²) in [5, 5.41) is 10.00. The van der Waals surface area contributed by atoms with E-state index in [-0.39, 0.29) is 17.7 Å². The van der Waals surface area contributed by atoms with E-state index in [9.17, 15) is 9.90 Å². The van der Waals surface area contributed by atoms with Gasteiger partial charge in [0.1, 0.15) is 11.6 Å². The van der Waals surface area contributed by atoms with Crippen LogP contribution in [0.2, 0.25) is 0 Å². The van der Waals surface area contributed by atoms with Crippen molar-refractivity contribution in [2.45, 2.75) is 44.6 Å². The summed E-state index contributed by atoms with van der Waals surface area (Å²) in [6, 6.07) is 9.20. The lowest BCUT2D eigenvalue weighted by atomic mass is 10.0. The standard InChI is InChI=1S/C23H30N4O2/c1-3-11-27(22(29)4-2)17-10-9-15(12-17)20-14-16(23(25)26-20)13-19(24)18-7-5-6-8-21(18)28/h4-8,13-15,17,26,28H,2-3,9-12,24-25H2,1H3/b19-13-. The van der Waals surface area contributed by atoms with Gasteiger partial charge in [0.2, 0.25) is 5.91 Å². The monoisotopic (exact) mass is 394 g/mol. The zero-order valence-corrected chi connectivity index (χ0v) is 16.9. The molecule has 154 valence electrons. The Hall–Kier alpha value is -3.15. The SMILES string of the molecule is C=CC(=O)N(CCC)C1CCC(c2cc(/C=C(\N)c3ccccc3O)c(N)[nH]2)C1. The van der Waals surface area contributed by atoms with Crippen LogP contribution in [0.4, 0.5) is 5.82 Å². The molecule has 6 N–H and O–H groups in total. The number of nitrogen functional groups attached to an aromatic ring is 1. The van der Waals surface area contributed by atoms with E-state index in [0.717, 1.165) is 43.5 Å². The minimum Gasteiger partial charge on any atom is -0.507 e. The number of aromatic nitrogens is 1. The number of nitrogens with one attached hydrogen (secondary N) is 1. The van der Waals surface area contributed by atoms with Crippen molar-refractivity contribution in [1.82, 2.24) is 9.88 Å². The van der Waals surface area contributed by atoms with E-state index in [1.54, 1.807) is 24.3 Å². The van der Waals surface area contributed by atoms with Crippen molar-refractivity contribution in [1.29, 1.82) is 0 Å². The second-order valence-electron chi connectivity index (χ2n) is 7.61. The molecular weight excluding hydrogens is 364 g/mol. The summed E-state index contributed by atoms with van der Waals surface area (Å²) >= 11 is 0. The van der Waals surface area contributed by atoms with Crippen LogP contribution in [-0.2, 0) is 4.79 Å². The van der Waals surface area contributed by atoms with Crippen molar-refractivity contribution < 1.29 is 9.90 Å². The molecule has 2 atom stereocenters. The molecule has 2 unspecified atom stereocenters. The van der Waals surface area contributed by atoms with Crippen LogP contribution in [0.1, 0.15) is 55.3 Å². The molecule has 3 rings (SSSR count). The van der Waals surface area contributed by atoms with Gasteiger partial charge in [-0.25, -0.2) is 0 Å². The van der Waals surface area contributed by atoms with Crippen molar-refractivity contribution >= 4 is 23.5 Å². The quantitative estimate of drug-likeness (QED) is 0.535. The van der Waals surface area contributed by atoms with Crippen LogP contribution in [0.25, 0.3) is 11.8 Å². The Kier molecular flexibility index (Phi) is 6.32. The van der Waals surface area contributed by atoms with Gasteiger partial charge in [0, 0.05) is 41.0 Å². The van der Waals surface area contributed by atoms with Gasteiger partial charge in [0.25, 0.3) is 0 Å². The second-order valence-corrected chi connectivity index (χ2v) is 7.61. The number of hydrogen-bond acceptors (Lipinski definition) is 4. The molecule has 0 spiro atoms. The van der Waals surface area contributed by atoms with Crippen molar-refractivity contribution in [3.05, 3.63) is 59.8 Å². The summed E-state index contributed by atoms with van der Waals surface area (Å²) in [5.74, 6) is 1.00. The van der Waals surface area contributed by atoms with Gasteiger partial charge in [0.05, 0.1) is 0 Å². The number of phenols is 1. The maximum Gasteiger partial charge on any atom is 0.246 e. The van der Waals surface area contributed by atoms with E-state index >= 15 is 0 Å². The van der Waals surface area contributed by atoms with Crippen LogP contribution < -0.4 is 11.5 Å². The number of rotatable bonds is 7. The minimum atomic E-state index is 0.00237. The van der Waals surface area contributed by atoms with Gasteiger partial charge in [-0.2, -0.15) is 0 Å². The van der Waals surface area contributed by atoms with E-state index < -0.39 is 0 Å². The van der Waals surface area contributed by atoms with Crippen LogP contribution in [0.3, 0.4) is 0 Å². The number of hydrogen-bond donors (Lipinski definition) is 4. The van der Waals surface area contributed by atoms with E-state index in [1.807, 2.05) is 17.0 Å². The third-order valence-corrected chi connectivity index (χ3v) is 5.63. The minimum absolute atomic E-state index is 0.00237. The maximum atomic E-state index is 12.2. The Morgan fingerprint density at radius 1 is 1.38 bits per heavy atom. The third kappa shape index (κ3) is 4.47. The third-order valence-electron chi connectivity index (χ3n) is 5.63. The van der Waals surface area contributed by atoms with Crippen LogP contribution in [0.5, 0.6) is 5.75 Å². The highest BCUT2D eigenvalue weighted by atomic mass is 16.3. The largest absolute Gasteiger partial charge is 0.507 e. The summed E-state index contributed by atoms with van der Waals surface area (Å²) in [6.45, 7) is 6.46. The summed E-state index contributed by atoms with van der Waals surface area (Å²) in [4.78, 5) is 17.4. The maximum absolute atomic E-state index is 12.2. The number of nitrogens with zero attached hydrogens (tertiary/aromatic N) is 1. The summed E-state index contributed by atoms with van der Waals surface area (Å²) in [7, 11) is 0. The summed E-state index contributed by atoms with van der Waals surface area (Å²) in [5.41, 5.74) is 15.3. The lowest BCUT2D eigenvalue weighted by Gasteiger charge is -2.27. The van der Waals surface area contributed by atoms with Gasteiger partial charge in [-0.05, 0) is 56.0 Å². The first-order valence-corrected chi connectivity index (χ1v) is 10.1. The highest BCUT2D eigenvalue weighted by molar-refractivity contribution is 5.87. The number of aromatic amines is 1. The molecule has 1 amide bonds. The van der Waals surface area contributed by atoms with Crippen molar-refractivity contribution in [3.8, 4) is 5.75 Å². The second kappa shape index (κ2) is 8.90. The topological polar surface area (TPSA) is 108 Å². The fraction of sp³-hybridized carbons (Fsp3) is 0.348. The first kappa shape index (κ1) is 20.6. The average Bonchev–Trinajstić information content (AvgIpc) is 3.33. The van der Waals surface area contributed by atoms with Crippen molar-refractivity contribution in [2.75, 3.05) is 12.3 Å². The molecule has 0 saturated heterocycles. The predicted octanol–water partition coefficient (Wildman–Crippen LogP) is 3.82. The summed E-state index contributed by atoms with van der Waals surface area (Å²) < 4.78 is 0. The van der Waals surface area contributed by atoms with E-state index in [2.05, 4.69) is 18.5 Å². The molecule has 29 heavy (non-hydrogen) atoms. The van der Waals surface area contributed by atoms with Crippen LogP contribution >= 0.6 is 0 Å². The van der Waals surface area contributed by atoms with E-state index in [0.29, 0.717) is 23.0 Å². The van der Waals surface area contributed by atoms with Gasteiger partial charge >= 0.3 is 0 Å². The number of carbonyl (C=O) groups excluding carboxylic acids is 1. The van der Waals surface area contributed by atoms with E-state index in [4.69, 9.17) is 11.5 Å². The smallest absolute Gasteiger partial charge is 0.246 e.